The molecule has 1 nitrogen and oxygen atoms in total. The Balaban J connectivity index is 2.28. The lowest BCUT2D eigenvalue weighted by Gasteiger charge is -1.99. The fraction of sp³-hybridized carbons (Fsp3) is 0.167. The van der Waals surface area contributed by atoms with Gasteiger partial charge in [0, 0.05) is 16.7 Å². The second kappa shape index (κ2) is 5.54. The molecule has 2 aromatic rings. The first-order valence-electron chi connectivity index (χ1n) is 6.26. The molecule has 94 valence electrons. The molecule has 0 aliphatic heterocycles. The highest BCUT2D eigenvalue weighted by Crippen LogP contribution is 2.10. The van der Waals surface area contributed by atoms with Crippen molar-refractivity contribution in [3.05, 3.63) is 70.3 Å². The second-order valence-corrected chi connectivity index (χ2v) is 4.70. The van der Waals surface area contributed by atoms with E-state index in [-0.39, 0.29) is 5.78 Å². The van der Waals surface area contributed by atoms with Crippen LogP contribution in [0.2, 0.25) is 0 Å². The molecule has 0 bridgehead atoms. The highest BCUT2D eigenvalue weighted by Gasteiger charge is 1.97. The van der Waals surface area contributed by atoms with Gasteiger partial charge >= 0.3 is 0 Å². The topological polar surface area (TPSA) is 17.1 Å². The van der Waals surface area contributed by atoms with E-state index in [0.717, 1.165) is 16.7 Å². The molecular formula is C18H16O. The van der Waals surface area contributed by atoms with Gasteiger partial charge in [-0.15, -0.1) is 0 Å². The standard InChI is InChI=1S/C18H16O/c1-13-4-5-14(2)18(12-13)11-8-16-6-9-17(10-7-16)15(3)19/h4-7,9-10,12H,1-3H3. The van der Waals surface area contributed by atoms with Gasteiger partial charge in [0.05, 0.1) is 0 Å². The minimum absolute atomic E-state index is 0.0778. The van der Waals surface area contributed by atoms with Gasteiger partial charge in [-0.05, 0) is 50.1 Å². The average Bonchev–Trinajstić information content (AvgIpc) is 2.40. The van der Waals surface area contributed by atoms with Crippen molar-refractivity contribution in [1.82, 2.24) is 0 Å². The van der Waals surface area contributed by atoms with Crippen LogP contribution in [0.15, 0.2) is 42.5 Å². The van der Waals surface area contributed by atoms with E-state index in [0.29, 0.717) is 0 Å². The monoisotopic (exact) mass is 248 g/mol. The Morgan fingerprint density at radius 1 is 0.947 bits per heavy atom. The van der Waals surface area contributed by atoms with Crippen molar-refractivity contribution >= 4 is 5.78 Å². The zero-order chi connectivity index (χ0) is 13.8. The number of ketones is 1. The number of hydrogen-bond acceptors (Lipinski definition) is 1. The molecule has 0 unspecified atom stereocenters. The first-order chi connectivity index (χ1) is 9.06. The summed E-state index contributed by atoms with van der Waals surface area (Å²) in [7, 11) is 0. The Morgan fingerprint density at radius 3 is 2.26 bits per heavy atom. The maximum atomic E-state index is 11.2. The average molecular weight is 248 g/mol. The largest absolute Gasteiger partial charge is 0.295 e. The third-order valence-electron chi connectivity index (χ3n) is 3.03. The van der Waals surface area contributed by atoms with Crippen LogP contribution in [0.4, 0.5) is 0 Å². The van der Waals surface area contributed by atoms with E-state index in [4.69, 9.17) is 0 Å². The lowest BCUT2D eigenvalue weighted by molar-refractivity contribution is 0.101. The van der Waals surface area contributed by atoms with Crippen LogP contribution in [0, 0.1) is 25.7 Å². The zero-order valence-electron chi connectivity index (χ0n) is 11.4. The van der Waals surface area contributed by atoms with Gasteiger partial charge in [-0.3, -0.25) is 4.79 Å². The maximum absolute atomic E-state index is 11.2. The molecule has 0 saturated heterocycles. The minimum Gasteiger partial charge on any atom is -0.295 e. The van der Waals surface area contributed by atoms with Gasteiger partial charge in [-0.25, -0.2) is 0 Å². The SMILES string of the molecule is CC(=O)c1ccc(C#Cc2cc(C)ccc2C)cc1. The molecule has 1 heteroatoms. The normalized spacial score (nSPS) is 9.63. The highest BCUT2D eigenvalue weighted by atomic mass is 16.1. The van der Waals surface area contributed by atoms with Crippen LogP contribution < -0.4 is 0 Å². The Kier molecular flexibility index (Phi) is 3.82. The molecule has 2 aromatic carbocycles. The Morgan fingerprint density at radius 2 is 1.63 bits per heavy atom. The number of Topliss-reactive ketones (excluding diaryl/α,β-unsaturated/α-hetero) is 1. The minimum atomic E-state index is 0.0778. The number of aryl methyl sites for hydroxylation is 2. The van der Waals surface area contributed by atoms with E-state index in [9.17, 15) is 4.79 Å². The molecule has 0 radical (unpaired) electrons. The molecule has 0 aromatic heterocycles. The summed E-state index contributed by atoms with van der Waals surface area (Å²) in [6.07, 6.45) is 0. The smallest absolute Gasteiger partial charge is 0.159 e. The summed E-state index contributed by atoms with van der Waals surface area (Å²) in [6, 6.07) is 13.7. The molecule has 0 aliphatic carbocycles. The first kappa shape index (κ1) is 13.1. The quantitative estimate of drug-likeness (QED) is 0.552. The van der Waals surface area contributed by atoms with E-state index in [1.165, 1.54) is 11.1 Å². The third kappa shape index (κ3) is 3.33. The van der Waals surface area contributed by atoms with Gasteiger partial charge in [0.25, 0.3) is 0 Å². The highest BCUT2D eigenvalue weighted by molar-refractivity contribution is 5.94. The van der Waals surface area contributed by atoms with Crippen molar-refractivity contribution in [2.24, 2.45) is 0 Å². The van der Waals surface area contributed by atoms with Crippen molar-refractivity contribution in [2.75, 3.05) is 0 Å². The fourth-order valence-corrected chi connectivity index (χ4v) is 1.80. The number of hydrogen-bond donors (Lipinski definition) is 0. The molecule has 0 saturated carbocycles. The van der Waals surface area contributed by atoms with Gasteiger partial charge < -0.3 is 0 Å². The molecule has 2 rings (SSSR count). The number of rotatable bonds is 1. The van der Waals surface area contributed by atoms with Crippen molar-refractivity contribution in [2.45, 2.75) is 20.8 Å². The molecule has 0 atom stereocenters. The van der Waals surface area contributed by atoms with Crippen LogP contribution in [0.25, 0.3) is 0 Å². The predicted molar refractivity (Wildman–Crippen MR) is 78.3 cm³/mol. The van der Waals surface area contributed by atoms with Crippen molar-refractivity contribution < 1.29 is 4.79 Å². The van der Waals surface area contributed by atoms with E-state index < -0.39 is 0 Å². The molecule has 0 heterocycles. The van der Waals surface area contributed by atoms with Gasteiger partial charge in [0.1, 0.15) is 0 Å². The third-order valence-corrected chi connectivity index (χ3v) is 3.03. The summed E-state index contributed by atoms with van der Waals surface area (Å²) >= 11 is 0. The van der Waals surface area contributed by atoms with Gasteiger partial charge in [-0.2, -0.15) is 0 Å². The number of carbonyl (C=O) groups excluding carboxylic acids is 1. The van der Waals surface area contributed by atoms with Crippen LogP contribution in [0.5, 0.6) is 0 Å². The van der Waals surface area contributed by atoms with Crippen LogP contribution in [-0.2, 0) is 0 Å². The molecule has 19 heavy (non-hydrogen) atoms. The van der Waals surface area contributed by atoms with E-state index in [1.54, 1.807) is 6.92 Å². The Hall–Kier alpha value is -2.33. The second-order valence-electron chi connectivity index (χ2n) is 4.70. The molecule has 0 spiro atoms. The molecule has 0 N–H and O–H groups in total. The van der Waals surface area contributed by atoms with Crippen molar-refractivity contribution in [3.63, 3.8) is 0 Å². The summed E-state index contributed by atoms with van der Waals surface area (Å²) in [5.41, 5.74) is 5.08. The van der Waals surface area contributed by atoms with Crippen LogP contribution in [0.3, 0.4) is 0 Å². The maximum Gasteiger partial charge on any atom is 0.159 e. The summed E-state index contributed by atoms with van der Waals surface area (Å²) in [5.74, 6) is 6.40. The van der Waals surface area contributed by atoms with Crippen LogP contribution >= 0.6 is 0 Å². The Bertz CT molecular complexity index is 667. The van der Waals surface area contributed by atoms with Crippen molar-refractivity contribution in [1.29, 1.82) is 0 Å². The first-order valence-corrected chi connectivity index (χ1v) is 6.26. The fourth-order valence-electron chi connectivity index (χ4n) is 1.80. The summed E-state index contributed by atoms with van der Waals surface area (Å²) in [5, 5.41) is 0. The lowest BCUT2D eigenvalue weighted by atomic mass is 10.1. The van der Waals surface area contributed by atoms with Crippen LogP contribution in [0.1, 0.15) is 39.5 Å². The van der Waals surface area contributed by atoms with Gasteiger partial charge in [0.15, 0.2) is 5.78 Å². The predicted octanol–water partition coefficient (Wildman–Crippen LogP) is 3.91. The molecule has 0 fully saturated rings. The molecular weight excluding hydrogens is 232 g/mol. The zero-order valence-corrected chi connectivity index (χ0v) is 11.4. The van der Waals surface area contributed by atoms with Gasteiger partial charge in [0.2, 0.25) is 0 Å². The van der Waals surface area contributed by atoms with Crippen LogP contribution in [-0.4, -0.2) is 5.78 Å². The summed E-state index contributed by atoms with van der Waals surface area (Å²) < 4.78 is 0. The van der Waals surface area contributed by atoms with E-state index >= 15 is 0 Å². The number of benzene rings is 2. The van der Waals surface area contributed by atoms with Gasteiger partial charge in [-0.1, -0.05) is 36.1 Å². The summed E-state index contributed by atoms with van der Waals surface area (Å²) in [4.78, 5) is 11.2. The molecule has 0 aliphatic rings. The number of carbonyl (C=O) groups is 1. The molecule has 0 amide bonds. The lowest BCUT2D eigenvalue weighted by Crippen LogP contribution is -1.90. The summed E-state index contributed by atoms with van der Waals surface area (Å²) in [6.45, 7) is 5.69. The Labute approximate surface area is 114 Å². The van der Waals surface area contributed by atoms with E-state index in [2.05, 4.69) is 43.9 Å². The van der Waals surface area contributed by atoms with E-state index in [1.807, 2.05) is 24.3 Å². The van der Waals surface area contributed by atoms with Crippen molar-refractivity contribution in [3.8, 4) is 11.8 Å².